The van der Waals surface area contributed by atoms with Crippen molar-refractivity contribution in [3.63, 3.8) is 0 Å². The van der Waals surface area contributed by atoms with Gasteiger partial charge in [0.2, 0.25) is 0 Å². The SMILES string of the molecule is O=C(O)C(=O)O.O=P(O)(O)O.[CaH2]. The third-order valence-electron chi connectivity index (χ3n) is 0.183. The third kappa shape index (κ3) is 48.1. The Morgan fingerprint density at radius 1 is 0.917 bits per heavy atom. The summed E-state index contributed by atoms with van der Waals surface area (Å²) >= 11 is 0. The summed E-state index contributed by atoms with van der Waals surface area (Å²) in [6.45, 7) is 0. The molecule has 0 amide bonds. The van der Waals surface area contributed by atoms with Gasteiger partial charge < -0.3 is 24.9 Å². The fourth-order valence-electron chi connectivity index (χ4n) is 0. The van der Waals surface area contributed by atoms with Crippen LogP contribution in [0.5, 0.6) is 0 Å². The molecule has 0 aliphatic carbocycles. The molecule has 0 radical (unpaired) electrons. The van der Waals surface area contributed by atoms with Crippen LogP contribution in [0, 0.1) is 0 Å². The Kier molecular flexibility index (Phi) is 12.0. The first-order valence-electron chi connectivity index (χ1n) is 1.89. The fourth-order valence-corrected chi connectivity index (χ4v) is 0. The van der Waals surface area contributed by atoms with Gasteiger partial charge >= 0.3 is 57.5 Å². The molecule has 0 aromatic rings. The van der Waals surface area contributed by atoms with Crippen LogP contribution >= 0.6 is 7.82 Å². The predicted molar refractivity (Wildman–Crippen MR) is 38.1 cm³/mol. The van der Waals surface area contributed by atoms with E-state index < -0.39 is 19.8 Å². The molecule has 0 unspecified atom stereocenters. The van der Waals surface area contributed by atoms with E-state index >= 15 is 0 Å². The van der Waals surface area contributed by atoms with Crippen LogP contribution < -0.4 is 0 Å². The van der Waals surface area contributed by atoms with Crippen molar-refractivity contribution in [1.82, 2.24) is 0 Å². The number of carboxylic acids is 2. The van der Waals surface area contributed by atoms with Gasteiger partial charge in [-0.1, -0.05) is 0 Å². The minimum atomic E-state index is -4.64. The van der Waals surface area contributed by atoms with Gasteiger partial charge in [-0.25, -0.2) is 14.2 Å². The number of rotatable bonds is 0. The van der Waals surface area contributed by atoms with E-state index in [2.05, 4.69) is 0 Å². The van der Waals surface area contributed by atoms with Crippen molar-refractivity contribution in [2.24, 2.45) is 0 Å². The number of hydrogen-bond donors (Lipinski definition) is 5. The monoisotopic (exact) mass is 230 g/mol. The van der Waals surface area contributed by atoms with Crippen LogP contribution in [0.4, 0.5) is 0 Å². The number of carbonyl (C=O) groups is 2. The molecule has 5 N–H and O–H groups in total. The summed E-state index contributed by atoms with van der Waals surface area (Å²) in [5, 5.41) is 14.8. The van der Waals surface area contributed by atoms with Crippen LogP contribution in [-0.2, 0) is 14.2 Å². The molecule has 0 fully saturated rings. The Balaban J connectivity index is -0.000000126. The van der Waals surface area contributed by atoms with Crippen LogP contribution in [0.15, 0.2) is 0 Å². The van der Waals surface area contributed by atoms with Crippen LogP contribution in [-0.4, -0.2) is 74.6 Å². The van der Waals surface area contributed by atoms with Crippen LogP contribution in [0.25, 0.3) is 0 Å². The second-order valence-electron chi connectivity index (χ2n) is 1.12. The maximum atomic E-state index is 9.10. The quantitative estimate of drug-likeness (QED) is 0.171. The molecule has 0 spiro atoms. The molecule has 8 nitrogen and oxygen atoms in total. The Hall–Kier alpha value is 0.310. The first-order valence-corrected chi connectivity index (χ1v) is 3.45. The molecule has 0 aliphatic heterocycles. The second kappa shape index (κ2) is 7.93. The van der Waals surface area contributed by atoms with E-state index in [0.29, 0.717) is 0 Å². The molecule has 0 saturated heterocycles. The zero-order valence-corrected chi connectivity index (χ0v) is 5.80. The van der Waals surface area contributed by atoms with Gasteiger partial charge in [0, 0.05) is 0 Å². The predicted octanol–water partition coefficient (Wildman–Crippen LogP) is -2.69. The van der Waals surface area contributed by atoms with E-state index in [1.54, 1.807) is 0 Å². The van der Waals surface area contributed by atoms with Gasteiger partial charge in [-0.2, -0.15) is 0 Å². The number of hydrogen-bond acceptors (Lipinski definition) is 3. The van der Waals surface area contributed by atoms with Gasteiger partial charge in [0.15, 0.2) is 0 Å². The summed E-state index contributed by atoms with van der Waals surface area (Å²) in [6.07, 6.45) is 0. The normalized spacial score (nSPS) is 8.58. The molecule has 0 aromatic heterocycles. The van der Waals surface area contributed by atoms with Crippen molar-refractivity contribution in [2.75, 3.05) is 0 Å². The van der Waals surface area contributed by atoms with Crippen molar-refractivity contribution >= 4 is 57.5 Å². The van der Waals surface area contributed by atoms with Gasteiger partial charge in [-0.3, -0.25) is 0 Å². The van der Waals surface area contributed by atoms with Crippen molar-refractivity contribution in [2.45, 2.75) is 0 Å². The molecule has 0 rings (SSSR count). The molecule has 12 heavy (non-hydrogen) atoms. The van der Waals surface area contributed by atoms with E-state index in [4.69, 9.17) is 39.0 Å². The minimum absolute atomic E-state index is 0. The van der Waals surface area contributed by atoms with Crippen molar-refractivity contribution in [1.29, 1.82) is 0 Å². The first kappa shape index (κ1) is 18.2. The summed E-state index contributed by atoms with van der Waals surface area (Å²) in [4.78, 5) is 39.8. The van der Waals surface area contributed by atoms with E-state index in [-0.39, 0.29) is 37.7 Å². The Labute approximate surface area is 96.1 Å². The van der Waals surface area contributed by atoms with Crippen LogP contribution in [0.3, 0.4) is 0 Å². The van der Waals surface area contributed by atoms with Crippen molar-refractivity contribution in [3.05, 3.63) is 0 Å². The zero-order valence-electron chi connectivity index (χ0n) is 4.91. The number of phosphoric acid groups is 1. The molecule has 0 atom stereocenters. The molecule has 0 bridgehead atoms. The molecule has 0 aliphatic rings. The van der Waals surface area contributed by atoms with E-state index in [0.717, 1.165) is 0 Å². The van der Waals surface area contributed by atoms with E-state index in [9.17, 15) is 0 Å². The molecular formula is C2H7CaO8P. The third-order valence-corrected chi connectivity index (χ3v) is 0.183. The van der Waals surface area contributed by atoms with Crippen molar-refractivity contribution in [3.8, 4) is 0 Å². The number of aliphatic carboxylic acids is 2. The Morgan fingerprint density at radius 3 is 1.00 bits per heavy atom. The van der Waals surface area contributed by atoms with Gasteiger partial charge in [-0.05, 0) is 0 Å². The van der Waals surface area contributed by atoms with Gasteiger partial charge in [0.05, 0.1) is 0 Å². The molecule has 0 aromatic carbocycles. The summed E-state index contributed by atoms with van der Waals surface area (Å²) in [6, 6.07) is 0. The Bertz CT molecular complexity index is 173. The van der Waals surface area contributed by atoms with Gasteiger partial charge in [0.25, 0.3) is 0 Å². The standard InChI is InChI=1S/C2H2O4.Ca.H3O4P.2H/c3-1(4)2(5)6;;1-5(2,3)4;;/h(H,3,4)(H,5,6);;(H3,1,2,3,4);;. The fraction of sp³-hybridized carbons (Fsp3) is 0. The van der Waals surface area contributed by atoms with Gasteiger partial charge in [0.1, 0.15) is 0 Å². The topological polar surface area (TPSA) is 152 Å². The molecule has 0 saturated carbocycles. The zero-order chi connectivity index (χ0) is 9.65. The summed E-state index contributed by atoms with van der Waals surface area (Å²) in [5.74, 6) is -3.65. The average Bonchev–Trinajstić information content (AvgIpc) is 1.59. The maximum absolute atomic E-state index is 9.10. The number of carboxylic acid groups (broad SMARTS) is 2. The van der Waals surface area contributed by atoms with E-state index in [1.165, 1.54) is 0 Å². The van der Waals surface area contributed by atoms with Crippen molar-refractivity contribution < 1.29 is 39.0 Å². The van der Waals surface area contributed by atoms with Crippen LogP contribution in [0.2, 0.25) is 0 Å². The molecular weight excluding hydrogens is 223 g/mol. The summed E-state index contributed by atoms with van der Waals surface area (Å²) in [5.41, 5.74) is 0. The molecule has 70 valence electrons. The van der Waals surface area contributed by atoms with Crippen LogP contribution in [0.1, 0.15) is 0 Å². The summed E-state index contributed by atoms with van der Waals surface area (Å²) in [7, 11) is -4.64. The Morgan fingerprint density at radius 2 is 1.00 bits per heavy atom. The first-order chi connectivity index (χ1) is 4.64. The average molecular weight is 230 g/mol. The van der Waals surface area contributed by atoms with Gasteiger partial charge in [-0.15, -0.1) is 0 Å². The molecule has 0 heterocycles. The summed E-state index contributed by atoms with van der Waals surface area (Å²) < 4.78 is 8.88. The second-order valence-corrected chi connectivity index (χ2v) is 2.15. The molecule has 10 heteroatoms. The van der Waals surface area contributed by atoms with E-state index in [1.807, 2.05) is 0 Å².